The molecule has 174 valence electrons. The van der Waals surface area contributed by atoms with Crippen molar-refractivity contribution in [1.82, 2.24) is 9.29 Å². The Morgan fingerprint density at radius 2 is 1.70 bits per heavy atom. The number of hydrogen-bond acceptors (Lipinski definition) is 6. The minimum absolute atomic E-state index is 0.0864. The summed E-state index contributed by atoms with van der Waals surface area (Å²) in [6, 6.07) is 12.9. The van der Waals surface area contributed by atoms with Crippen LogP contribution in [0, 0.1) is 0 Å². The fraction of sp³-hybridized carbons (Fsp3) is 0.333. The molecule has 0 spiro atoms. The van der Waals surface area contributed by atoms with Crippen LogP contribution in [0.15, 0.2) is 59.6 Å². The van der Waals surface area contributed by atoms with E-state index in [0.717, 1.165) is 10.9 Å². The maximum Gasteiger partial charge on any atom is 0.338 e. The Hall–Kier alpha value is -3.01. The van der Waals surface area contributed by atoms with E-state index in [-0.39, 0.29) is 41.5 Å². The zero-order valence-electron chi connectivity index (χ0n) is 18.6. The first kappa shape index (κ1) is 23.2. The lowest BCUT2D eigenvalue weighted by Crippen LogP contribution is -2.48. The van der Waals surface area contributed by atoms with Gasteiger partial charge < -0.3 is 14.5 Å². The number of carbonyl (C=O) groups excluding carboxylic acids is 2. The van der Waals surface area contributed by atoms with E-state index >= 15 is 0 Å². The van der Waals surface area contributed by atoms with Crippen molar-refractivity contribution >= 4 is 32.7 Å². The second-order valence-corrected chi connectivity index (χ2v) is 10.2. The summed E-state index contributed by atoms with van der Waals surface area (Å²) in [4.78, 5) is 28.5. The van der Waals surface area contributed by atoms with Crippen molar-refractivity contribution in [1.29, 1.82) is 0 Å². The van der Waals surface area contributed by atoms with E-state index in [0.29, 0.717) is 5.56 Å². The monoisotopic (exact) mass is 470 g/mol. The fourth-order valence-electron chi connectivity index (χ4n) is 4.02. The highest BCUT2D eigenvalue weighted by Crippen LogP contribution is 2.23. The number of para-hydroxylation sites is 1. The number of nitrogens with one attached hydrogen (secondary N) is 1. The van der Waals surface area contributed by atoms with E-state index in [2.05, 4.69) is 4.98 Å². The van der Waals surface area contributed by atoms with Gasteiger partial charge in [-0.2, -0.15) is 4.31 Å². The van der Waals surface area contributed by atoms with Crippen molar-refractivity contribution in [3.63, 3.8) is 0 Å². The summed E-state index contributed by atoms with van der Waals surface area (Å²) in [6.07, 6.45) is 0.198. The van der Waals surface area contributed by atoms with Crippen LogP contribution in [0.1, 0.15) is 41.5 Å². The van der Waals surface area contributed by atoms with Crippen LogP contribution in [0.4, 0.5) is 0 Å². The highest BCUT2D eigenvalue weighted by molar-refractivity contribution is 7.89. The molecule has 4 rings (SSSR count). The third-order valence-corrected chi connectivity index (χ3v) is 7.47. The summed E-state index contributed by atoms with van der Waals surface area (Å²) in [5.41, 5.74) is 1.43. The molecule has 2 aromatic carbocycles. The molecule has 1 N–H and O–H groups in total. The van der Waals surface area contributed by atoms with Crippen LogP contribution in [0.3, 0.4) is 0 Å². The van der Waals surface area contributed by atoms with E-state index in [1.807, 2.05) is 38.1 Å². The van der Waals surface area contributed by atoms with Gasteiger partial charge in [-0.15, -0.1) is 0 Å². The fourth-order valence-corrected chi connectivity index (χ4v) is 5.61. The lowest BCUT2D eigenvalue weighted by Gasteiger charge is -2.34. The van der Waals surface area contributed by atoms with Crippen molar-refractivity contribution in [2.24, 2.45) is 0 Å². The topological polar surface area (TPSA) is 106 Å². The SMILES string of the molecule is CC1CN(S(=O)(=O)c2ccc(C(=O)OC(C)C(=O)c3c[nH]c4ccccc34)cc2)CC(C)O1. The lowest BCUT2D eigenvalue weighted by molar-refractivity contribution is -0.0440. The van der Waals surface area contributed by atoms with Crippen molar-refractivity contribution in [3.8, 4) is 0 Å². The number of ketones is 1. The van der Waals surface area contributed by atoms with Crippen LogP contribution in [-0.4, -0.2) is 60.9 Å². The first-order chi connectivity index (χ1) is 15.7. The zero-order chi connectivity index (χ0) is 23.8. The minimum atomic E-state index is -3.71. The van der Waals surface area contributed by atoms with Gasteiger partial charge in [-0.05, 0) is 51.1 Å². The predicted octanol–water partition coefficient (Wildman–Crippen LogP) is 3.39. The van der Waals surface area contributed by atoms with Gasteiger partial charge >= 0.3 is 5.97 Å². The Labute approximate surface area is 192 Å². The molecule has 0 radical (unpaired) electrons. The smallest absolute Gasteiger partial charge is 0.338 e. The van der Waals surface area contributed by atoms with Gasteiger partial charge in [0.1, 0.15) is 0 Å². The molecule has 3 aromatic rings. The van der Waals surface area contributed by atoms with Crippen LogP contribution < -0.4 is 0 Å². The third-order valence-electron chi connectivity index (χ3n) is 5.62. The number of rotatable bonds is 6. The number of esters is 1. The maximum absolute atomic E-state index is 13.0. The Kier molecular flexibility index (Phi) is 6.38. The molecule has 3 unspecified atom stereocenters. The summed E-state index contributed by atoms with van der Waals surface area (Å²) in [6.45, 7) is 5.71. The molecule has 8 nitrogen and oxygen atoms in total. The van der Waals surface area contributed by atoms with Crippen LogP contribution in [0.25, 0.3) is 10.9 Å². The molecule has 3 atom stereocenters. The molecule has 1 aromatic heterocycles. The van der Waals surface area contributed by atoms with Gasteiger partial charge in [0.25, 0.3) is 0 Å². The molecule has 1 fully saturated rings. The Balaban J connectivity index is 1.45. The number of carbonyl (C=O) groups is 2. The first-order valence-electron chi connectivity index (χ1n) is 10.7. The predicted molar refractivity (Wildman–Crippen MR) is 123 cm³/mol. The van der Waals surface area contributed by atoms with Gasteiger partial charge in [-0.25, -0.2) is 13.2 Å². The quantitative estimate of drug-likeness (QED) is 0.437. The average molecular weight is 471 g/mol. The van der Waals surface area contributed by atoms with Gasteiger partial charge in [0.05, 0.1) is 22.7 Å². The van der Waals surface area contributed by atoms with Crippen LogP contribution in [-0.2, 0) is 19.5 Å². The maximum atomic E-state index is 13.0. The second kappa shape index (κ2) is 9.09. The van der Waals surface area contributed by atoms with Gasteiger partial charge in [0.15, 0.2) is 6.10 Å². The van der Waals surface area contributed by atoms with Gasteiger partial charge in [0.2, 0.25) is 15.8 Å². The van der Waals surface area contributed by atoms with E-state index in [4.69, 9.17) is 9.47 Å². The molecular weight excluding hydrogens is 444 g/mol. The van der Waals surface area contributed by atoms with Crippen molar-refractivity contribution < 1.29 is 27.5 Å². The average Bonchev–Trinajstić information content (AvgIpc) is 3.22. The summed E-state index contributed by atoms with van der Waals surface area (Å²) >= 11 is 0. The molecule has 0 amide bonds. The number of benzene rings is 2. The standard InChI is InChI=1S/C24H26N2O6S/c1-15-13-26(14-16(2)31-15)33(29,30)19-10-8-18(9-11-19)24(28)32-17(3)23(27)21-12-25-22-7-5-4-6-20(21)22/h4-12,15-17,25H,13-14H2,1-3H3. The summed E-state index contributed by atoms with van der Waals surface area (Å²) in [5.74, 6) is -1.02. The Morgan fingerprint density at radius 1 is 1.06 bits per heavy atom. The van der Waals surface area contributed by atoms with Gasteiger partial charge in [-0.3, -0.25) is 4.79 Å². The van der Waals surface area contributed by atoms with Crippen LogP contribution in [0.2, 0.25) is 0 Å². The summed E-state index contributed by atoms with van der Waals surface area (Å²) in [7, 11) is -3.71. The summed E-state index contributed by atoms with van der Waals surface area (Å²) in [5, 5.41) is 0.756. The second-order valence-electron chi connectivity index (χ2n) is 8.26. The lowest BCUT2D eigenvalue weighted by atomic mass is 10.1. The largest absolute Gasteiger partial charge is 0.451 e. The Morgan fingerprint density at radius 3 is 2.36 bits per heavy atom. The number of aromatic amines is 1. The molecular formula is C24H26N2O6S. The number of nitrogens with zero attached hydrogens (tertiary/aromatic N) is 1. The number of sulfonamides is 1. The van der Waals surface area contributed by atoms with Gasteiger partial charge in [0, 0.05) is 35.8 Å². The van der Waals surface area contributed by atoms with Crippen molar-refractivity contribution in [2.75, 3.05) is 13.1 Å². The van der Waals surface area contributed by atoms with Crippen molar-refractivity contribution in [3.05, 3.63) is 65.9 Å². The van der Waals surface area contributed by atoms with E-state index in [9.17, 15) is 18.0 Å². The molecule has 0 bridgehead atoms. The van der Waals surface area contributed by atoms with Gasteiger partial charge in [-0.1, -0.05) is 18.2 Å². The van der Waals surface area contributed by atoms with E-state index < -0.39 is 22.1 Å². The molecule has 0 aliphatic carbocycles. The van der Waals surface area contributed by atoms with E-state index in [1.165, 1.54) is 35.5 Å². The molecule has 1 saturated heterocycles. The highest BCUT2D eigenvalue weighted by Gasteiger charge is 2.32. The molecule has 9 heteroatoms. The van der Waals surface area contributed by atoms with E-state index in [1.54, 1.807) is 6.20 Å². The minimum Gasteiger partial charge on any atom is -0.451 e. The molecule has 0 saturated carbocycles. The van der Waals surface area contributed by atoms with Crippen LogP contribution >= 0.6 is 0 Å². The number of morpholine rings is 1. The van der Waals surface area contributed by atoms with Crippen molar-refractivity contribution in [2.45, 2.75) is 44.0 Å². The normalized spacial score (nSPS) is 20.5. The third kappa shape index (κ3) is 4.71. The number of H-pyrrole nitrogens is 1. The number of ether oxygens (including phenoxy) is 2. The molecule has 33 heavy (non-hydrogen) atoms. The molecule has 2 heterocycles. The number of fused-ring (bicyclic) bond motifs is 1. The number of Topliss-reactive ketones (excluding diaryl/α,β-unsaturated/α-hetero) is 1. The number of hydrogen-bond donors (Lipinski definition) is 1. The summed E-state index contributed by atoms with van der Waals surface area (Å²) < 4.78 is 38.3. The first-order valence-corrected chi connectivity index (χ1v) is 12.2. The van der Waals surface area contributed by atoms with Crippen LogP contribution in [0.5, 0.6) is 0 Å². The molecule has 1 aliphatic heterocycles. The number of aromatic nitrogens is 1. The molecule has 1 aliphatic rings. The highest BCUT2D eigenvalue weighted by atomic mass is 32.2. The Bertz CT molecular complexity index is 1270. The zero-order valence-corrected chi connectivity index (χ0v) is 19.5.